The van der Waals surface area contributed by atoms with Gasteiger partial charge in [-0.05, 0) is 30.5 Å². The van der Waals surface area contributed by atoms with Crippen LogP contribution in [0.25, 0.3) is 0 Å². The smallest absolute Gasteiger partial charge is 0.323 e. The van der Waals surface area contributed by atoms with Crippen molar-refractivity contribution >= 4 is 5.97 Å². The van der Waals surface area contributed by atoms with Gasteiger partial charge in [0.2, 0.25) is 0 Å². The maximum atomic E-state index is 11.7. The minimum atomic E-state index is -0.643. The lowest BCUT2D eigenvalue weighted by Gasteiger charge is -2.11. The number of hydrogen-bond donors (Lipinski definition) is 2. The quantitative estimate of drug-likeness (QED) is 0.538. The minimum absolute atomic E-state index is 0.206. The first-order valence-corrected chi connectivity index (χ1v) is 7.33. The van der Waals surface area contributed by atoms with Crippen molar-refractivity contribution in [2.75, 3.05) is 6.61 Å². The first kappa shape index (κ1) is 16.5. The van der Waals surface area contributed by atoms with Crippen LogP contribution in [0.2, 0.25) is 0 Å². The van der Waals surface area contributed by atoms with Crippen LogP contribution in [0.5, 0.6) is 5.75 Å². The van der Waals surface area contributed by atoms with Crippen LogP contribution in [0.15, 0.2) is 24.3 Å². The predicted molar refractivity (Wildman–Crippen MR) is 79.5 cm³/mol. The van der Waals surface area contributed by atoms with E-state index in [9.17, 15) is 9.90 Å². The Labute approximate surface area is 120 Å². The molecule has 1 aromatic rings. The van der Waals surface area contributed by atoms with Crippen molar-refractivity contribution in [1.29, 1.82) is 0 Å². The van der Waals surface area contributed by atoms with Crippen LogP contribution in [-0.2, 0) is 16.0 Å². The molecule has 0 bridgehead atoms. The number of hydrogen-bond acceptors (Lipinski definition) is 4. The molecule has 0 saturated carbocycles. The summed E-state index contributed by atoms with van der Waals surface area (Å²) in [5.41, 5.74) is 6.72. The van der Waals surface area contributed by atoms with E-state index in [1.807, 2.05) is 0 Å². The van der Waals surface area contributed by atoms with Gasteiger partial charge in [0.05, 0.1) is 6.61 Å². The van der Waals surface area contributed by atoms with Gasteiger partial charge in [0.15, 0.2) is 0 Å². The van der Waals surface area contributed by atoms with Crippen LogP contribution in [0.1, 0.15) is 44.6 Å². The number of aromatic hydroxyl groups is 1. The van der Waals surface area contributed by atoms with Gasteiger partial charge in [-0.25, -0.2) is 0 Å². The van der Waals surface area contributed by atoms with Crippen molar-refractivity contribution in [2.24, 2.45) is 5.73 Å². The first-order chi connectivity index (χ1) is 9.63. The van der Waals surface area contributed by atoms with Gasteiger partial charge in [-0.1, -0.05) is 44.7 Å². The lowest BCUT2D eigenvalue weighted by molar-refractivity contribution is -0.145. The molecule has 4 nitrogen and oxygen atoms in total. The van der Waals surface area contributed by atoms with E-state index in [1.54, 1.807) is 24.3 Å². The second-order valence-corrected chi connectivity index (χ2v) is 5.06. The van der Waals surface area contributed by atoms with Gasteiger partial charge in [0.25, 0.3) is 0 Å². The van der Waals surface area contributed by atoms with E-state index in [0.29, 0.717) is 13.0 Å². The Morgan fingerprint density at radius 3 is 2.50 bits per heavy atom. The van der Waals surface area contributed by atoms with Crippen LogP contribution in [0.3, 0.4) is 0 Å². The van der Waals surface area contributed by atoms with E-state index >= 15 is 0 Å². The van der Waals surface area contributed by atoms with Gasteiger partial charge in [0.1, 0.15) is 11.8 Å². The molecule has 0 heterocycles. The molecule has 0 saturated heterocycles. The molecule has 0 amide bonds. The van der Waals surface area contributed by atoms with Crippen LogP contribution >= 0.6 is 0 Å². The molecule has 112 valence electrons. The first-order valence-electron chi connectivity index (χ1n) is 7.33. The summed E-state index contributed by atoms with van der Waals surface area (Å²) in [6.07, 6.45) is 6.04. The van der Waals surface area contributed by atoms with Crippen molar-refractivity contribution < 1.29 is 14.6 Å². The SMILES string of the molecule is CCCCCCCOC(=O)C(N)Cc1ccc(O)cc1. The Kier molecular flexibility index (Phi) is 7.73. The summed E-state index contributed by atoms with van der Waals surface area (Å²) in [5, 5.41) is 9.18. The van der Waals surface area contributed by atoms with Crippen molar-refractivity contribution in [2.45, 2.75) is 51.5 Å². The topological polar surface area (TPSA) is 72.5 Å². The second-order valence-electron chi connectivity index (χ2n) is 5.06. The van der Waals surface area contributed by atoms with Crippen LogP contribution in [0.4, 0.5) is 0 Å². The van der Waals surface area contributed by atoms with E-state index in [4.69, 9.17) is 10.5 Å². The third-order valence-electron chi connectivity index (χ3n) is 3.19. The molecule has 0 aliphatic heterocycles. The number of ether oxygens (including phenoxy) is 1. The number of benzene rings is 1. The highest BCUT2D eigenvalue weighted by Crippen LogP contribution is 2.11. The largest absolute Gasteiger partial charge is 0.508 e. The maximum absolute atomic E-state index is 11.7. The van der Waals surface area contributed by atoms with Gasteiger partial charge in [0, 0.05) is 0 Å². The standard InChI is InChI=1S/C16H25NO3/c1-2-3-4-5-6-11-20-16(19)15(17)12-13-7-9-14(18)10-8-13/h7-10,15,18H,2-6,11-12,17H2,1H3. The van der Waals surface area contributed by atoms with Gasteiger partial charge in [-0.3, -0.25) is 4.79 Å². The lowest BCUT2D eigenvalue weighted by Crippen LogP contribution is -2.34. The summed E-state index contributed by atoms with van der Waals surface area (Å²) >= 11 is 0. The Balaban J connectivity index is 2.20. The molecule has 0 radical (unpaired) electrons. The number of phenolic OH excluding ortho intramolecular Hbond substituents is 1. The Bertz CT molecular complexity index is 389. The molecular formula is C16H25NO3. The summed E-state index contributed by atoms with van der Waals surface area (Å²) in [6, 6.07) is 6.04. The molecule has 1 rings (SSSR count). The third kappa shape index (κ3) is 6.57. The van der Waals surface area contributed by atoms with Crippen molar-refractivity contribution in [3.63, 3.8) is 0 Å². The Morgan fingerprint density at radius 1 is 1.20 bits per heavy atom. The third-order valence-corrected chi connectivity index (χ3v) is 3.19. The van der Waals surface area contributed by atoms with Gasteiger partial charge in [-0.15, -0.1) is 0 Å². The molecule has 1 aromatic carbocycles. The highest BCUT2D eigenvalue weighted by molar-refractivity contribution is 5.75. The molecular weight excluding hydrogens is 254 g/mol. The van der Waals surface area contributed by atoms with Crippen molar-refractivity contribution in [3.05, 3.63) is 29.8 Å². The molecule has 0 aliphatic rings. The van der Waals surface area contributed by atoms with Crippen LogP contribution in [-0.4, -0.2) is 23.7 Å². The van der Waals surface area contributed by atoms with E-state index < -0.39 is 6.04 Å². The fourth-order valence-corrected chi connectivity index (χ4v) is 1.95. The maximum Gasteiger partial charge on any atom is 0.323 e. The molecule has 20 heavy (non-hydrogen) atoms. The van der Waals surface area contributed by atoms with Crippen LogP contribution < -0.4 is 5.73 Å². The zero-order chi connectivity index (χ0) is 14.8. The fraction of sp³-hybridized carbons (Fsp3) is 0.562. The fourth-order valence-electron chi connectivity index (χ4n) is 1.95. The molecule has 3 N–H and O–H groups in total. The number of rotatable bonds is 9. The number of carbonyl (C=O) groups excluding carboxylic acids is 1. The van der Waals surface area contributed by atoms with E-state index in [-0.39, 0.29) is 11.7 Å². The van der Waals surface area contributed by atoms with E-state index in [0.717, 1.165) is 18.4 Å². The lowest BCUT2D eigenvalue weighted by atomic mass is 10.1. The molecule has 4 heteroatoms. The van der Waals surface area contributed by atoms with Gasteiger partial charge in [-0.2, -0.15) is 0 Å². The number of esters is 1. The van der Waals surface area contributed by atoms with Crippen molar-refractivity contribution in [3.8, 4) is 5.75 Å². The second kappa shape index (κ2) is 9.37. The number of carbonyl (C=O) groups is 1. The monoisotopic (exact) mass is 279 g/mol. The molecule has 1 atom stereocenters. The highest BCUT2D eigenvalue weighted by atomic mass is 16.5. The zero-order valence-electron chi connectivity index (χ0n) is 12.2. The number of nitrogens with two attached hydrogens (primary N) is 1. The van der Waals surface area contributed by atoms with Crippen LogP contribution in [0, 0.1) is 0 Å². The van der Waals surface area contributed by atoms with E-state index in [2.05, 4.69) is 6.92 Å². The summed E-state index contributed by atoms with van der Waals surface area (Å²) in [6.45, 7) is 2.62. The van der Waals surface area contributed by atoms with Gasteiger partial charge >= 0.3 is 5.97 Å². The van der Waals surface area contributed by atoms with E-state index in [1.165, 1.54) is 19.3 Å². The molecule has 1 unspecified atom stereocenters. The number of phenols is 1. The predicted octanol–water partition coefficient (Wildman–Crippen LogP) is 2.78. The highest BCUT2D eigenvalue weighted by Gasteiger charge is 2.15. The van der Waals surface area contributed by atoms with Gasteiger partial charge < -0.3 is 15.6 Å². The Morgan fingerprint density at radius 2 is 1.85 bits per heavy atom. The van der Waals surface area contributed by atoms with Crippen molar-refractivity contribution in [1.82, 2.24) is 0 Å². The summed E-state index contributed by atoms with van der Waals surface area (Å²) < 4.78 is 5.17. The molecule has 0 aliphatic carbocycles. The zero-order valence-corrected chi connectivity index (χ0v) is 12.2. The number of unbranched alkanes of at least 4 members (excludes halogenated alkanes) is 4. The molecule has 0 fully saturated rings. The average molecular weight is 279 g/mol. The minimum Gasteiger partial charge on any atom is -0.508 e. The summed E-state index contributed by atoms with van der Waals surface area (Å²) in [7, 11) is 0. The average Bonchev–Trinajstić information content (AvgIpc) is 2.45. The molecule has 0 spiro atoms. The summed E-state index contributed by atoms with van der Waals surface area (Å²) in [5.74, 6) is -0.148. The normalized spacial score (nSPS) is 12.1. The summed E-state index contributed by atoms with van der Waals surface area (Å²) in [4.78, 5) is 11.7. The Hall–Kier alpha value is -1.55. The molecule has 0 aromatic heterocycles.